The quantitative estimate of drug-likeness (QED) is 0.568. The second-order valence-electron chi connectivity index (χ2n) is 5.15. The van der Waals surface area contributed by atoms with E-state index in [1.807, 2.05) is 18.3 Å². The van der Waals surface area contributed by atoms with Crippen molar-refractivity contribution in [2.45, 2.75) is 19.4 Å². The number of pyridine rings is 1. The number of fused-ring (bicyclic) bond motifs is 1. The number of nitrogens with one attached hydrogen (secondary N) is 1. The standard InChI is InChI=1S/C18H19N3/c1-2-13-5-7-14(8-6-13)18(21-19)16-9-10-17-15(12-16)4-3-11-20-17/h3-12,18,21H,2,19H2,1H3. The van der Waals surface area contributed by atoms with Crippen LogP contribution in [-0.2, 0) is 6.42 Å². The Labute approximate surface area is 124 Å². The first-order chi connectivity index (χ1) is 10.3. The number of nitrogens with two attached hydrogens (primary N) is 1. The molecule has 3 N–H and O–H groups in total. The molecule has 0 radical (unpaired) electrons. The van der Waals surface area contributed by atoms with Crippen molar-refractivity contribution >= 4 is 10.9 Å². The third-order valence-electron chi connectivity index (χ3n) is 3.85. The summed E-state index contributed by atoms with van der Waals surface area (Å²) in [6.45, 7) is 2.16. The summed E-state index contributed by atoms with van der Waals surface area (Å²) in [5.41, 5.74) is 7.55. The van der Waals surface area contributed by atoms with Gasteiger partial charge in [-0.2, -0.15) is 0 Å². The maximum absolute atomic E-state index is 5.79. The molecule has 0 spiro atoms. The Morgan fingerprint density at radius 3 is 2.52 bits per heavy atom. The van der Waals surface area contributed by atoms with Crippen LogP contribution in [0.15, 0.2) is 60.8 Å². The number of aryl methyl sites for hydroxylation is 1. The average molecular weight is 277 g/mol. The minimum absolute atomic E-state index is 0.0134. The van der Waals surface area contributed by atoms with Crippen LogP contribution in [0, 0.1) is 0 Å². The van der Waals surface area contributed by atoms with Crippen molar-refractivity contribution in [3.05, 3.63) is 77.5 Å². The molecule has 0 bridgehead atoms. The molecule has 3 rings (SSSR count). The van der Waals surface area contributed by atoms with Crippen molar-refractivity contribution in [1.82, 2.24) is 10.4 Å². The minimum atomic E-state index is -0.0134. The molecule has 2 aromatic carbocycles. The zero-order valence-corrected chi connectivity index (χ0v) is 12.1. The SMILES string of the molecule is CCc1ccc(C(NN)c2ccc3ncccc3c2)cc1. The summed E-state index contributed by atoms with van der Waals surface area (Å²) < 4.78 is 0. The summed E-state index contributed by atoms with van der Waals surface area (Å²) in [6, 6.07) is 18.8. The molecule has 0 fully saturated rings. The molecule has 0 aliphatic rings. The van der Waals surface area contributed by atoms with E-state index in [4.69, 9.17) is 5.84 Å². The largest absolute Gasteiger partial charge is 0.271 e. The van der Waals surface area contributed by atoms with Gasteiger partial charge < -0.3 is 0 Å². The lowest BCUT2D eigenvalue weighted by Gasteiger charge is -2.17. The van der Waals surface area contributed by atoms with Gasteiger partial charge in [0.2, 0.25) is 0 Å². The first-order valence-corrected chi connectivity index (χ1v) is 7.21. The Balaban J connectivity index is 2.00. The predicted octanol–water partition coefficient (Wildman–Crippen LogP) is 3.35. The molecule has 1 aromatic heterocycles. The fourth-order valence-electron chi connectivity index (χ4n) is 2.60. The van der Waals surface area contributed by atoms with Gasteiger partial charge in [0.25, 0.3) is 0 Å². The van der Waals surface area contributed by atoms with Crippen molar-refractivity contribution in [2.75, 3.05) is 0 Å². The number of hydrogen-bond donors (Lipinski definition) is 2. The van der Waals surface area contributed by atoms with Crippen molar-refractivity contribution < 1.29 is 0 Å². The third-order valence-corrected chi connectivity index (χ3v) is 3.85. The van der Waals surface area contributed by atoms with Crippen LogP contribution in [0.3, 0.4) is 0 Å². The zero-order chi connectivity index (χ0) is 14.7. The molecule has 3 nitrogen and oxygen atoms in total. The smallest absolute Gasteiger partial charge is 0.0710 e. The van der Waals surface area contributed by atoms with Crippen molar-refractivity contribution in [3.63, 3.8) is 0 Å². The number of hydrazine groups is 1. The average Bonchev–Trinajstić information content (AvgIpc) is 2.56. The van der Waals surface area contributed by atoms with Crippen LogP contribution in [0.5, 0.6) is 0 Å². The Kier molecular flexibility index (Phi) is 3.95. The molecule has 3 aromatic rings. The topological polar surface area (TPSA) is 50.9 Å². The van der Waals surface area contributed by atoms with Gasteiger partial charge in [-0.25, -0.2) is 5.43 Å². The highest BCUT2D eigenvalue weighted by Gasteiger charge is 2.12. The van der Waals surface area contributed by atoms with Crippen LogP contribution in [0.4, 0.5) is 0 Å². The lowest BCUT2D eigenvalue weighted by molar-refractivity contribution is 0.637. The molecule has 3 heteroatoms. The predicted molar refractivity (Wildman–Crippen MR) is 86.7 cm³/mol. The van der Waals surface area contributed by atoms with Gasteiger partial charge in [-0.3, -0.25) is 10.8 Å². The molecular weight excluding hydrogens is 258 g/mol. The highest BCUT2D eigenvalue weighted by atomic mass is 15.2. The third kappa shape index (κ3) is 2.79. The van der Waals surface area contributed by atoms with Crippen LogP contribution in [0.1, 0.15) is 29.7 Å². The summed E-state index contributed by atoms with van der Waals surface area (Å²) in [7, 11) is 0. The lowest BCUT2D eigenvalue weighted by Crippen LogP contribution is -2.28. The molecule has 106 valence electrons. The number of hydrogen-bond acceptors (Lipinski definition) is 3. The van der Waals surface area contributed by atoms with Gasteiger partial charge in [-0.05, 0) is 41.3 Å². The summed E-state index contributed by atoms with van der Waals surface area (Å²) in [4.78, 5) is 4.35. The van der Waals surface area contributed by atoms with Crippen LogP contribution < -0.4 is 11.3 Å². The lowest BCUT2D eigenvalue weighted by atomic mass is 9.96. The van der Waals surface area contributed by atoms with E-state index < -0.39 is 0 Å². The van der Waals surface area contributed by atoms with Crippen molar-refractivity contribution in [2.24, 2.45) is 5.84 Å². The van der Waals surface area contributed by atoms with Gasteiger partial charge in [-0.15, -0.1) is 0 Å². The molecule has 0 saturated carbocycles. The van der Waals surface area contributed by atoms with Gasteiger partial charge >= 0.3 is 0 Å². The fraction of sp³-hybridized carbons (Fsp3) is 0.167. The Morgan fingerprint density at radius 2 is 1.81 bits per heavy atom. The second kappa shape index (κ2) is 6.04. The van der Waals surface area contributed by atoms with E-state index in [-0.39, 0.29) is 6.04 Å². The van der Waals surface area contributed by atoms with Gasteiger partial charge in [0, 0.05) is 11.6 Å². The first-order valence-electron chi connectivity index (χ1n) is 7.21. The van der Waals surface area contributed by atoms with Gasteiger partial charge in [0.1, 0.15) is 0 Å². The van der Waals surface area contributed by atoms with Crippen molar-refractivity contribution in [1.29, 1.82) is 0 Å². The Morgan fingerprint density at radius 1 is 1.05 bits per heavy atom. The van der Waals surface area contributed by atoms with Crippen LogP contribution >= 0.6 is 0 Å². The number of nitrogens with zero attached hydrogens (tertiary/aromatic N) is 1. The highest BCUT2D eigenvalue weighted by Crippen LogP contribution is 2.24. The van der Waals surface area contributed by atoms with E-state index in [2.05, 4.69) is 59.8 Å². The summed E-state index contributed by atoms with van der Waals surface area (Å²) in [5, 5.41) is 1.13. The van der Waals surface area contributed by atoms with Crippen LogP contribution in [-0.4, -0.2) is 4.98 Å². The summed E-state index contributed by atoms with van der Waals surface area (Å²) in [5.74, 6) is 5.79. The maximum Gasteiger partial charge on any atom is 0.0710 e. The molecule has 0 aliphatic carbocycles. The van der Waals surface area contributed by atoms with Gasteiger partial charge in [0.05, 0.1) is 11.6 Å². The molecule has 0 saturated heterocycles. The Bertz CT molecular complexity index is 735. The first kappa shape index (κ1) is 13.7. The molecule has 0 aliphatic heterocycles. The van der Waals surface area contributed by atoms with E-state index >= 15 is 0 Å². The fourth-order valence-corrected chi connectivity index (χ4v) is 2.60. The van der Waals surface area contributed by atoms with Crippen molar-refractivity contribution in [3.8, 4) is 0 Å². The van der Waals surface area contributed by atoms with Gasteiger partial charge in [-0.1, -0.05) is 43.3 Å². The van der Waals surface area contributed by atoms with Crippen LogP contribution in [0.25, 0.3) is 10.9 Å². The molecular formula is C18H19N3. The number of rotatable bonds is 4. The van der Waals surface area contributed by atoms with E-state index in [1.165, 1.54) is 5.56 Å². The molecule has 1 heterocycles. The van der Waals surface area contributed by atoms with E-state index in [1.54, 1.807) is 0 Å². The van der Waals surface area contributed by atoms with Gasteiger partial charge in [0.15, 0.2) is 0 Å². The molecule has 1 unspecified atom stereocenters. The second-order valence-corrected chi connectivity index (χ2v) is 5.15. The normalized spacial score (nSPS) is 12.5. The summed E-state index contributed by atoms with van der Waals surface area (Å²) in [6.07, 6.45) is 2.85. The molecule has 1 atom stereocenters. The molecule has 21 heavy (non-hydrogen) atoms. The number of benzene rings is 2. The maximum atomic E-state index is 5.79. The monoisotopic (exact) mass is 277 g/mol. The summed E-state index contributed by atoms with van der Waals surface area (Å²) >= 11 is 0. The van der Waals surface area contributed by atoms with Crippen LogP contribution in [0.2, 0.25) is 0 Å². The highest BCUT2D eigenvalue weighted by molar-refractivity contribution is 5.79. The minimum Gasteiger partial charge on any atom is -0.271 e. The Hall–Kier alpha value is -2.23. The number of aromatic nitrogens is 1. The van der Waals surface area contributed by atoms with E-state index in [0.717, 1.165) is 28.5 Å². The van der Waals surface area contributed by atoms with E-state index in [9.17, 15) is 0 Å². The zero-order valence-electron chi connectivity index (χ0n) is 12.1. The van der Waals surface area contributed by atoms with E-state index in [0.29, 0.717) is 0 Å². The molecule has 0 amide bonds.